The SMILES string of the molecule is O=C(NC1CCCC1C(=O)O)C1CCCc2ccccc21. The second-order valence-electron chi connectivity index (χ2n) is 6.13. The Labute approximate surface area is 124 Å². The van der Waals surface area contributed by atoms with Crippen molar-refractivity contribution >= 4 is 11.9 Å². The quantitative estimate of drug-likeness (QED) is 0.897. The molecule has 1 fully saturated rings. The molecule has 21 heavy (non-hydrogen) atoms. The predicted octanol–water partition coefficient (Wildman–Crippen LogP) is 2.48. The van der Waals surface area contributed by atoms with Crippen molar-refractivity contribution in [1.82, 2.24) is 5.32 Å². The summed E-state index contributed by atoms with van der Waals surface area (Å²) in [5.74, 6) is -1.33. The molecule has 3 atom stereocenters. The Morgan fingerprint density at radius 2 is 1.90 bits per heavy atom. The second-order valence-corrected chi connectivity index (χ2v) is 6.13. The van der Waals surface area contributed by atoms with Gasteiger partial charge in [-0.05, 0) is 43.2 Å². The summed E-state index contributed by atoms with van der Waals surface area (Å²) >= 11 is 0. The van der Waals surface area contributed by atoms with Crippen molar-refractivity contribution in [1.29, 1.82) is 0 Å². The molecular weight excluding hydrogens is 266 g/mol. The molecule has 1 aromatic rings. The maximum atomic E-state index is 12.6. The fourth-order valence-corrected chi connectivity index (χ4v) is 3.74. The number of nitrogens with one attached hydrogen (secondary N) is 1. The Morgan fingerprint density at radius 3 is 2.71 bits per heavy atom. The van der Waals surface area contributed by atoms with Gasteiger partial charge < -0.3 is 10.4 Å². The van der Waals surface area contributed by atoms with E-state index in [0.29, 0.717) is 6.42 Å². The smallest absolute Gasteiger partial charge is 0.308 e. The molecule has 112 valence electrons. The van der Waals surface area contributed by atoms with Gasteiger partial charge in [0.1, 0.15) is 0 Å². The van der Waals surface area contributed by atoms with Crippen LogP contribution in [0.4, 0.5) is 0 Å². The third-order valence-corrected chi connectivity index (χ3v) is 4.85. The lowest BCUT2D eigenvalue weighted by atomic mass is 9.82. The number of amides is 1. The molecule has 2 N–H and O–H groups in total. The van der Waals surface area contributed by atoms with Crippen molar-refractivity contribution in [3.05, 3.63) is 35.4 Å². The van der Waals surface area contributed by atoms with Crippen LogP contribution in [0, 0.1) is 5.92 Å². The molecule has 0 heterocycles. The summed E-state index contributed by atoms with van der Waals surface area (Å²) in [6.45, 7) is 0. The first-order chi connectivity index (χ1) is 10.2. The highest BCUT2D eigenvalue weighted by atomic mass is 16.4. The van der Waals surface area contributed by atoms with Crippen LogP contribution >= 0.6 is 0 Å². The van der Waals surface area contributed by atoms with Gasteiger partial charge in [0.25, 0.3) is 0 Å². The van der Waals surface area contributed by atoms with Gasteiger partial charge in [0.15, 0.2) is 0 Å². The summed E-state index contributed by atoms with van der Waals surface area (Å²) < 4.78 is 0. The monoisotopic (exact) mass is 287 g/mol. The number of carbonyl (C=O) groups excluding carboxylic acids is 1. The van der Waals surface area contributed by atoms with Crippen molar-refractivity contribution in [2.45, 2.75) is 50.5 Å². The molecular formula is C17H21NO3. The number of rotatable bonds is 3. The van der Waals surface area contributed by atoms with E-state index >= 15 is 0 Å². The number of hydrogen-bond acceptors (Lipinski definition) is 2. The third kappa shape index (κ3) is 2.80. The average Bonchev–Trinajstić information content (AvgIpc) is 2.95. The van der Waals surface area contributed by atoms with E-state index in [4.69, 9.17) is 0 Å². The fraction of sp³-hybridized carbons (Fsp3) is 0.529. The Bertz CT molecular complexity index is 555. The Hall–Kier alpha value is -1.84. The Morgan fingerprint density at radius 1 is 1.10 bits per heavy atom. The number of hydrogen-bond donors (Lipinski definition) is 2. The second kappa shape index (κ2) is 5.88. The summed E-state index contributed by atoms with van der Waals surface area (Å²) in [6.07, 6.45) is 5.22. The average molecular weight is 287 g/mol. The van der Waals surface area contributed by atoms with E-state index in [1.165, 1.54) is 5.56 Å². The maximum absolute atomic E-state index is 12.6. The largest absolute Gasteiger partial charge is 0.481 e. The van der Waals surface area contributed by atoms with Crippen LogP contribution in [0.5, 0.6) is 0 Å². The molecule has 0 aromatic heterocycles. The number of carboxylic acid groups (broad SMARTS) is 1. The van der Waals surface area contributed by atoms with Crippen LogP contribution in [0.1, 0.15) is 49.1 Å². The number of aliphatic carboxylic acids is 1. The van der Waals surface area contributed by atoms with Gasteiger partial charge in [0.2, 0.25) is 5.91 Å². The first-order valence-electron chi connectivity index (χ1n) is 7.78. The van der Waals surface area contributed by atoms with Gasteiger partial charge in [-0.25, -0.2) is 0 Å². The fourth-order valence-electron chi connectivity index (χ4n) is 3.74. The topological polar surface area (TPSA) is 66.4 Å². The van der Waals surface area contributed by atoms with E-state index in [2.05, 4.69) is 11.4 Å². The van der Waals surface area contributed by atoms with Crippen molar-refractivity contribution in [3.8, 4) is 0 Å². The Balaban J connectivity index is 1.73. The van der Waals surface area contributed by atoms with Crippen LogP contribution in [0.25, 0.3) is 0 Å². The zero-order valence-electron chi connectivity index (χ0n) is 12.0. The molecule has 0 bridgehead atoms. The van der Waals surface area contributed by atoms with Crippen molar-refractivity contribution in [2.75, 3.05) is 0 Å². The molecule has 2 aliphatic rings. The van der Waals surface area contributed by atoms with Crippen molar-refractivity contribution in [3.63, 3.8) is 0 Å². The minimum absolute atomic E-state index is 0.000278. The van der Waals surface area contributed by atoms with E-state index in [1.54, 1.807) is 0 Å². The molecule has 0 radical (unpaired) electrons. The summed E-state index contributed by atoms with van der Waals surface area (Å²) in [4.78, 5) is 23.8. The van der Waals surface area contributed by atoms with Gasteiger partial charge in [0.05, 0.1) is 11.8 Å². The zero-order chi connectivity index (χ0) is 14.8. The predicted molar refractivity (Wildman–Crippen MR) is 79.0 cm³/mol. The van der Waals surface area contributed by atoms with Crippen LogP contribution in [-0.2, 0) is 16.0 Å². The van der Waals surface area contributed by atoms with Gasteiger partial charge >= 0.3 is 5.97 Å². The molecule has 4 heteroatoms. The van der Waals surface area contributed by atoms with Gasteiger partial charge in [0, 0.05) is 6.04 Å². The van der Waals surface area contributed by atoms with Crippen LogP contribution in [0.2, 0.25) is 0 Å². The maximum Gasteiger partial charge on any atom is 0.308 e. The molecule has 0 aliphatic heterocycles. The van der Waals surface area contributed by atoms with Gasteiger partial charge in [-0.1, -0.05) is 30.7 Å². The first-order valence-corrected chi connectivity index (χ1v) is 7.78. The van der Waals surface area contributed by atoms with E-state index in [1.807, 2.05) is 18.2 Å². The Kier molecular flexibility index (Phi) is 3.95. The van der Waals surface area contributed by atoms with Gasteiger partial charge in [-0.15, -0.1) is 0 Å². The standard InChI is InChI=1S/C17H21NO3/c19-16(18-15-10-4-9-14(15)17(20)21)13-8-3-6-11-5-1-2-7-12(11)13/h1-2,5,7,13-15H,3-4,6,8-10H2,(H,18,19)(H,20,21). The number of fused-ring (bicyclic) bond motifs is 1. The van der Waals surface area contributed by atoms with Crippen molar-refractivity contribution in [2.24, 2.45) is 5.92 Å². The summed E-state index contributed by atoms with van der Waals surface area (Å²) in [7, 11) is 0. The highest BCUT2D eigenvalue weighted by Gasteiger charge is 2.36. The number of benzene rings is 1. The molecule has 0 spiro atoms. The lowest BCUT2D eigenvalue weighted by Crippen LogP contribution is -2.43. The highest BCUT2D eigenvalue weighted by molar-refractivity contribution is 5.85. The van der Waals surface area contributed by atoms with E-state index in [9.17, 15) is 14.7 Å². The summed E-state index contributed by atoms with van der Waals surface area (Å²) in [5.41, 5.74) is 2.37. The molecule has 1 amide bonds. The first kappa shape index (κ1) is 14.1. The van der Waals surface area contributed by atoms with Crippen LogP contribution in [-0.4, -0.2) is 23.0 Å². The number of carbonyl (C=O) groups is 2. The molecule has 1 aromatic carbocycles. The molecule has 2 aliphatic carbocycles. The summed E-state index contributed by atoms with van der Waals surface area (Å²) in [6, 6.07) is 7.90. The van der Waals surface area contributed by atoms with E-state index in [-0.39, 0.29) is 17.9 Å². The van der Waals surface area contributed by atoms with Crippen molar-refractivity contribution < 1.29 is 14.7 Å². The lowest BCUT2D eigenvalue weighted by molar-refractivity contribution is -0.142. The van der Waals surface area contributed by atoms with E-state index < -0.39 is 11.9 Å². The summed E-state index contributed by atoms with van der Waals surface area (Å²) in [5, 5.41) is 12.2. The number of carboxylic acids is 1. The normalized spacial score (nSPS) is 27.9. The molecule has 3 unspecified atom stereocenters. The molecule has 0 saturated heterocycles. The minimum atomic E-state index is -0.790. The molecule has 1 saturated carbocycles. The minimum Gasteiger partial charge on any atom is -0.481 e. The van der Waals surface area contributed by atoms with Crippen LogP contribution in [0.15, 0.2) is 24.3 Å². The zero-order valence-corrected chi connectivity index (χ0v) is 12.0. The van der Waals surface area contributed by atoms with Crippen LogP contribution < -0.4 is 5.32 Å². The van der Waals surface area contributed by atoms with Gasteiger partial charge in [-0.2, -0.15) is 0 Å². The van der Waals surface area contributed by atoms with E-state index in [0.717, 1.165) is 37.7 Å². The highest BCUT2D eigenvalue weighted by Crippen LogP contribution is 2.33. The molecule has 4 nitrogen and oxygen atoms in total. The molecule has 3 rings (SSSR count). The van der Waals surface area contributed by atoms with Gasteiger partial charge in [-0.3, -0.25) is 9.59 Å². The number of aryl methyl sites for hydroxylation is 1. The lowest BCUT2D eigenvalue weighted by Gasteiger charge is -2.27. The van der Waals surface area contributed by atoms with Crippen LogP contribution in [0.3, 0.4) is 0 Å². The third-order valence-electron chi connectivity index (χ3n) is 4.85.